The van der Waals surface area contributed by atoms with Gasteiger partial charge in [0.1, 0.15) is 5.76 Å². The Balaban J connectivity index is 4.12. The zero-order valence-electron chi connectivity index (χ0n) is 7.96. The lowest BCUT2D eigenvalue weighted by Gasteiger charge is -2.07. The largest absolute Gasteiger partial charge is 0.431 e. The molecule has 0 fully saturated rings. The summed E-state index contributed by atoms with van der Waals surface area (Å²) < 4.78 is 5.05. The van der Waals surface area contributed by atoms with Crippen LogP contribution in [0.4, 0.5) is 0 Å². The van der Waals surface area contributed by atoms with Gasteiger partial charge in [-0.1, -0.05) is 33.4 Å². The van der Waals surface area contributed by atoms with E-state index in [9.17, 15) is 4.79 Å². The molecule has 0 aromatic rings. The van der Waals surface area contributed by atoms with Crippen LogP contribution in [0.2, 0.25) is 0 Å². The third-order valence-electron chi connectivity index (χ3n) is 1.36. The highest BCUT2D eigenvalue weighted by atomic mass is 16.5. The number of carbonyl (C=O) groups is 1. The predicted molar refractivity (Wildman–Crippen MR) is 49.5 cm³/mol. The molecule has 0 N–H and O–H groups in total. The monoisotopic (exact) mass is 168 g/mol. The Kier molecular flexibility index (Phi) is 5.09. The number of allylic oxidation sites excluding steroid dienone is 3. The smallest absolute Gasteiger partial charge is 0.313 e. The third kappa shape index (κ3) is 3.96. The van der Waals surface area contributed by atoms with Crippen molar-refractivity contribution in [1.82, 2.24) is 0 Å². The van der Waals surface area contributed by atoms with Crippen molar-refractivity contribution in [2.24, 2.45) is 5.92 Å². The molecule has 2 nitrogen and oxygen atoms in total. The molecule has 0 saturated heterocycles. The SMILES string of the molecule is C=CC=C(CC)OC(=O)C(C)C. The van der Waals surface area contributed by atoms with E-state index in [-0.39, 0.29) is 11.9 Å². The van der Waals surface area contributed by atoms with Gasteiger partial charge >= 0.3 is 5.97 Å². The van der Waals surface area contributed by atoms with Gasteiger partial charge < -0.3 is 4.74 Å². The maximum atomic E-state index is 11.1. The average molecular weight is 168 g/mol. The molecule has 68 valence electrons. The Morgan fingerprint density at radius 3 is 2.50 bits per heavy atom. The van der Waals surface area contributed by atoms with Crippen LogP contribution in [0.1, 0.15) is 27.2 Å². The van der Waals surface area contributed by atoms with Gasteiger partial charge in [-0.25, -0.2) is 0 Å². The van der Waals surface area contributed by atoms with E-state index < -0.39 is 0 Å². The lowest BCUT2D eigenvalue weighted by Crippen LogP contribution is -2.10. The van der Waals surface area contributed by atoms with Gasteiger partial charge in [0, 0.05) is 6.42 Å². The highest BCUT2D eigenvalue weighted by molar-refractivity contribution is 5.72. The molecule has 0 spiro atoms. The fraction of sp³-hybridized carbons (Fsp3) is 0.500. The topological polar surface area (TPSA) is 26.3 Å². The predicted octanol–water partition coefficient (Wildman–Crippen LogP) is 2.67. The first kappa shape index (κ1) is 11.0. The van der Waals surface area contributed by atoms with Crippen molar-refractivity contribution in [3.8, 4) is 0 Å². The first-order valence-electron chi connectivity index (χ1n) is 4.15. The molecule has 0 aliphatic rings. The molecule has 0 aliphatic heterocycles. The number of rotatable bonds is 4. The molecule has 0 radical (unpaired) electrons. The number of carbonyl (C=O) groups excluding carboxylic acids is 1. The van der Waals surface area contributed by atoms with E-state index in [4.69, 9.17) is 4.74 Å². The Hall–Kier alpha value is -1.05. The lowest BCUT2D eigenvalue weighted by atomic mass is 10.2. The van der Waals surface area contributed by atoms with E-state index in [0.717, 1.165) is 0 Å². The van der Waals surface area contributed by atoms with E-state index >= 15 is 0 Å². The van der Waals surface area contributed by atoms with Crippen molar-refractivity contribution < 1.29 is 9.53 Å². The van der Waals surface area contributed by atoms with Gasteiger partial charge in [-0.3, -0.25) is 4.79 Å². The van der Waals surface area contributed by atoms with Crippen molar-refractivity contribution in [1.29, 1.82) is 0 Å². The molecular formula is C10H16O2. The molecule has 0 rings (SSSR count). The average Bonchev–Trinajstić information content (AvgIpc) is 2.03. The Labute approximate surface area is 73.9 Å². The number of hydrogen-bond donors (Lipinski definition) is 0. The van der Waals surface area contributed by atoms with Gasteiger partial charge in [0.2, 0.25) is 0 Å². The van der Waals surface area contributed by atoms with Gasteiger partial charge in [0.25, 0.3) is 0 Å². The van der Waals surface area contributed by atoms with E-state index in [1.54, 1.807) is 12.2 Å². The molecule has 0 aromatic heterocycles. The molecule has 0 saturated carbocycles. The maximum Gasteiger partial charge on any atom is 0.313 e. The number of hydrogen-bond acceptors (Lipinski definition) is 2. The van der Waals surface area contributed by atoms with Crippen molar-refractivity contribution in [3.05, 3.63) is 24.5 Å². The van der Waals surface area contributed by atoms with Crippen molar-refractivity contribution >= 4 is 5.97 Å². The van der Waals surface area contributed by atoms with Crippen LogP contribution in [0.3, 0.4) is 0 Å². The highest BCUT2D eigenvalue weighted by Crippen LogP contribution is 2.07. The summed E-state index contributed by atoms with van der Waals surface area (Å²) in [5, 5.41) is 0. The summed E-state index contributed by atoms with van der Waals surface area (Å²) in [6.07, 6.45) is 4.04. The minimum absolute atomic E-state index is 0.0789. The second-order valence-corrected chi connectivity index (χ2v) is 2.80. The van der Waals surface area contributed by atoms with Crippen LogP contribution in [0.25, 0.3) is 0 Å². The van der Waals surface area contributed by atoms with Crippen LogP contribution in [0, 0.1) is 5.92 Å². The first-order chi connectivity index (χ1) is 5.61. The summed E-state index contributed by atoms with van der Waals surface area (Å²) in [6.45, 7) is 9.08. The minimum atomic E-state index is -0.190. The van der Waals surface area contributed by atoms with Crippen molar-refractivity contribution in [3.63, 3.8) is 0 Å². The van der Waals surface area contributed by atoms with E-state index in [1.165, 1.54) is 0 Å². The highest BCUT2D eigenvalue weighted by Gasteiger charge is 2.09. The Morgan fingerprint density at radius 1 is 1.58 bits per heavy atom. The van der Waals surface area contributed by atoms with Crippen LogP contribution >= 0.6 is 0 Å². The van der Waals surface area contributed by atoms with Crippen LogP contribution in [0.5, 0.6) is 0 Å². The number of ether oxygens (including phenoxy) is 1. The maximum absolute atomic E-state index is 11.1. The molecule has 2 heteroatoms. The Morgan fingerprint density at radius 2 is 2.17 bits per heavy atom. The fourth-order valence-corrected chi connectivity index (χ4v) is 0.603. The van der Waals surface area contributed by atoms with E-state index in [1.807, 2.05) is 20.8 Å². The van der Waals surface area contributed by atoms with Crippen LogP contribution < -0.4 is 0 Å². The lowest BCUT2D eigenvalue weighted by molar-refractivity contribution is -0.143. The first-order valence-corrected chi connectivity index (χ1v) is 4.15. The third-order valence-corrected chi connectivity index (χ3v) is 1.36. The summed E-state index contributed by atoms with van der Waals surface area (Å²) in [6, 6.07) is 0. The molecular weight excluding hydrogens is 152 g/mol. The summed E-state index contributed by atoms with van der Waals surface area (Å²) in [7, 11) is 0. The summed E-state index contributed by atoms with van der Waals surface area (Å²) in [5.74, 6) is 0.401. The standard InChI is InChI=1S/C10H16O2/c1-5-7-9(6-2)12-10(11)8(3)4/h5,7-8H,1,6H2,2-4H3. The van der Waals surface area contributed by atoms with Gasteiger partial charge in [-0.2, -0.15) is 0 Å². The van der Waals surface area contributed by atoms with Crippen LogP contribution in [0.15, 0.2) is 24.5 Å². The minimum Gasteiger partial charge on any atom is -0.431 e. The van der Waals surface area contributed by atoms with Gasteiger partial charge in [-0.15, -0.1) is 0 Å². The quantitative estimate of drug-likeness (QED) is 0.366. The Bertz CT molecular complexity index is 190. The van der Waals surface area contributed by atoms with E-state index in [2.05, 4.69) is 6.58 Å². The van der Waals surface area contributed by atoms with Crippen LogP contribution in [-0.2, 0) is 9.53 Å². The normalized spacial score (nSPS) is 11.5. The molecule has 0 aromatic carbocycles. The molecule has 12 heavy (non-hydrogen) atoms. The summed E-state index contributed by atoms with van der Waals surface area (Å²) >= 11 is 0. The zero-order chi connectivity index (χ0) is 9.56. The van der Waals surface area contributed by atoms with Crippen LogP contribution in [-0.4, -0.2) is 5.97 Å². The van der Waals surface area contributed by atoms with Gasteiger partial charge in [-0.05, 0) is 6.08 Å². The fourth-order valence-electron chi connectivity index (χ4n) is 0.603. The molecule has 0 heterocycles. The summed E-state index contributed by atoms with van der Waals surface area (Å²) in [4.78, 5) is 11.1. The zero-order valence-corrected chi connectivity index (χ0v) is 7.96. The van der Waals surface area contributed by atoms with Gasteiger partial charge in [0.15, 0.2) is 0 Å². The van der Waals surface area contributed by atoms with Gasteiger partial charge in [0.05, 0.1) is 5.92 Å². The second kappa shape index (κ2) is 5.58. The number of esters is 1. The van der Waals surface area contributed by atoms with Crippen molar-refractivity contribution in [2.45, 2.75) is 27.2 Å². The molecule has 0 amide bonds. The van der Waals surface area contributed by atoms with E-state index in [0.29, 0.717) is 12.2 Å². The molecule has 0 bridgehead atoms. The second-order valence-electron chi connectivity index (χ2n) is 2.80. The van der Waals surface area contributed by atoms with Crippen molar-refractivity contribution in [2.75, 3.05) is 0 Å². The molecule has 0 atom stereocenters. The summed E-state index contributed by atoms with van der Waals surface area (Å²) in [5.41, 5.74) is 0. The molecule has 0 aliphatic carbocycles. The molecule has 0 unspecified atom stereocenters.